The zero-order valence-corrected chi connectivity index (χ0v) is 14.0. The van der Waals surface area contributed by atoms with Gasteiger partial charge in [0.2, 0.25) is 5.88 Å². The summed E-state index contributed by atoms with van der Waals surface area (Å²) in [6, 6.07) is 0. The molecule has 0 aromatic carbocycles. The first-order valence-corrected chi connectivity index (χ1v) is 7.59. The van der Waals surface area contributed by atoms with Gasteiger partial charge in [0.15, 0.2) is 0 Å². The molecule has 1 aromatic heterocycles. The SMILES string of the molecule is CCCNc1nc(C(C)(C)C)nc(OC(C)CC)c1C. The van der Waals surface area contributed by atoms with E-state index >= 15 is 0 Å². The van der Waals surface area contributed by atoms with Gasteiger partial charge in [-0.05, 0) is 26.7 Å². The third kappa shape index (κ3) is 4.36. The van der Waals surface area contributed by atoms with E-state index in [1.165, 1.54) is 0 Å². The Morgan fingerprint density at radius 1 is 1.20 bits per heavy atom. The van der Waals surface area contributed by atoms with Crippen molar-refractivity contribution in [1.29, 1.82) is 0 Å². The van der Waals surface area contributed by atoms with Gasteiger partial charge in [-0.1, -0.05) is 34.6 Å². The van der Waals surface area contributed by atoms with E-state index in [1.54, 1.807) is 0 Å². The van der Waals surface area contributed by atoms with Crippen LogP contribution in [0, 0.1) is 6.92 Å². The molecular weight excluding hydrogens is 250 g/mol. The Hall–Kier alpha value is -1.32. The minimum atomic E-state index is -0.0933. The van der Waals surface area contributed by atoms with Crippen LogP contribution in [0.3, 0.4) is 0 Å². The number of nitrogens with one attached hydrogen (secondary N) is 1. The van der Waals surface area contributed by atoms with Crippen LogP contribution < -0.4 is 10.1 Å². The Bertz CT molecular complexity index is 438. The average molecular weight is 279 g/mol. The molecule has 4 heteroatoms. The molecule has 4 nitrogen and oxygen atoms in total. The van der Waals surface area contributed by atoms with E-state index in [4.69, 9.17) is 4.74 Å². The largest absolute Gasteiger partial charge is 0.474 e. The Kier molecular flexibility index (Phi) is 5.78. The lowest BCUT2D eigenvalue weighted by Crippen LogP contribution is -2.21. The molecule has 0 bridgehead atoms. The summed E-state index contributed by atoms with van der Waals surface area (Å²) >= 11 is 0. The lowest BCUT2D eigenvalue weighted by atomic mass is 9.95. The topological polar surface area (TPSA) is 47.0 Å². The predicted octanol–water partition coefficient (Wildman–Crippen LogP) is 4.08. The molecule has 0 fully saturated rings. The van der Waals surface area contributed by atoms with Crippen molar-refractivity contribution in [2.45, 2.75) is 72.8 Å². The second kappa shape index (κ2) is 6.91. The molecular formula is C16H29N3O. The van der Waals surface area contributed by atoms with Crippen molar-refractivity contribution in [2.24, 2.45) is 0 Å². The van der Waals surface area contributed by atoms with Crippen LogP contribution >= 0.6 is 0 Å². The Labute approximate surface area is 123 Å². The highest BCUT2D eigenvalue weighted by Crippen LogP contribution is 2.28. The summed E-state index contributed by atoms with van der Waals surface area (Å²) in [5.74, 6) is 2.42. The highest BCUT2D eigenvalue weighted by atomic mass is 16.5. The summed E-state index contributed by atoms with van der Waals surface area (Å²) in [6.07, 6.45) is 2.19. The van der Waals surface area contributed by atoms with Crippen molar-refractivity contribution in [3.05, 3.63) is 11.4 Å². The summed E-state index contributed by atoms with van der Waals surface area (Å²) in [7, 11) is 0. The summed E-state index contributed by atoms with van der Waals surface area (Å²) in [5, 5.41) is 3.38. The zero-order valence-electron chi connectivity index (χ0n) is 14.0. The molecule has 0 aliphatic rings. The number of aromatic nitrogens is 2. The number of hydrogen-bond donors (Lipinski definition) is 1. The lowest BCUT2D eigenvalue weighted by Gasteiger charge is -2.22. The maximum Gasteiger partial charge on any atom is 0.222 e. The molecule has 1 rings (SSSR count). The zero-order chi connectivity index (χ0) is 15.3. The van der Waals surface area contributed by atoms with Crippen LogP contribution in [0.5, 0.6) is 5.88 Å². The molecule has 1 heterocycles. The predicted molar refractivity (Wildman–Crippen MR) is 84.6 cm³/mol. The van der Waals surface area contributed by atoms with Gasteiger partial charge in [0.05, 0.1) is 11.7 Å². The smallest absolute Gasteiger partial charge is 0.222 e. The summed E-state index contributed by atoms with van der Waals surface area (Å²) in [4.78, 5) is 9.30. The fourth-order valence-electron chi connectivity index (χ4n) is 1.64. The second-order valence-electron chi connectivity index (χ2n) is 6.34. The van der Waals surface area contributed by atoms with E-state index in [2.05, 4.69) is 56.8 Å². The van der Waals surface area contributed by atoms with Crippen molar-refractivity contribution in [3.8, 4) is 5.88 Å². The third-order valence-corrected chi connectivity index (χ3v) is 3.20. The summed E-state index contributed by atoms with van der Waals surface area (Å²) < 4.78 is 5.96. The Morgan fingerprint density at radius 2 is 1.85 bits per heavy atom. The van der Waals surface area contributed by atoms with Crippen LogP contribution in [0.25, 0.3) is 0 Å². The van der Waals surface area contributed by atoms with Gasteiger partial charge < -0.3 is 10.1 Å². The van der Waals surface area contributed by atoms with Crippen LogP contribution in [0.15, 0.2) is 0 Å². The van der Waals surface area contributed by atoms with Crippen molar-refractivity contribution >= 4 is 5.82 Å². The molecule has 20 heavy (non-hydrogen) atoms. The van der Waals surface area contributed by atoms with Crippen molar-refractivity contribution in [3.63, 3.8) is 0 Å². The molecule has 0 aliphatic heterocycles. The number of rotatable bonds is 6. The summed E-state index contributed by atoms with van der Waals surface area (Å²) in [5.41, 5.74) is 0.899. The first-order valence-electron chi connectivity index (χ1n) is 7.59. The number of nitrogens with zero attached hydrogens (tertiary/aromatic N) is 2. The fraction of sp³-hybridized carbons (Fsp3) is 0.750. The number of hydrogen-bond acceptors (Lipinski definition) is 4. The van der Waals surface area contributed by atoms with Gasteiger partial charge in [0.1, 0.15) is 11.6 Å². The first kappa shape index (κ1) is 16.7. The molecule has 114 valence electrons. The van der Waals surface area contributed by atoms with Crippen LogP contribution in [0.4, 0.5) is 5.82 Å². The third-order valence-electron chi connectivity index (χ3n) is 3.20. The van der Waals surface area contributed by atoms with E-state index in [-0.39, 0.29) is 11.5 Å². The molecule has 0 saturated carbocycles. The maximum atomic E-state index is 5.96. The van der Waals surface area contributed by atoms with Gasteiger partial charge in [-0.25, -0.2) is 4.98 Å². The Balaban J connectivity index is 3.19. The van der Waals surface area contributed by atoms with Gasteiger partial charge in [0.25, 0.3) is 0 Å². The minimum Gasteiger partial charge on any atom is -0.474 e. The van der Waals surface area contributed by atoms with Gasteiger partial charge >= 0.3 is 0 Å². The summed E-state index contributed by atoms with van der Waals surface area (Å²) in [6.45, 7) is 15.6. The molecule has 1 unspecified atom stereocenters. The van der Waals surface area contributed by atoms with Crippen LogP contribution in [-0.2, 0) is 5.41 Å². The van der Waals surface area contributed by atoms with Crippen LogP contribution in [0.2, 0.25) is 0 Å². The molecule has 1 aromatic rings. The van der Waals surface area contributed by atoms with Crippen LogP contribution in [0.1, 0.15) is 65.8 Å². The Morgan fingerprint density at radius 3 is 2.35 bits per heavy atom. The fourth-order valence-corrected chi connectivity index (χ4v) is 1.64. The van der Waals surface area contributed by atoms with Gasteiger partial charge in [-0.15, -0.1) is 0 Å². The second-order valence-corrected chi connectivity index (χ2v) is 6.34. The molecule has 0 amide bonds. The molecule has 0 aliphatic carbocycles. The van der Waals surface area contributed by atoms with Gasteiger partial charge in [-0.3, -0.25) is 0 Å². The van der Waals surface area contributed by atoms with E-state index in [0.29, 0.717) is 5.88 Å². The highest BCUT2D eigenvalue weighted by Gasteiger charge is 2.22. The molecule has 0 saturated heterocycles. The number of anilines is 1. The molecule has 0 radical (unpaired) electrons. The van der Waals surface area contributed by atoms with Gasteiger partial charge in [0, 0.05) is 12.0 Å². The number of ether oxygens (including phenoxy) is 1. The molecule has 1 atom stereocenters. The lowest BCUT2D eigenvalue weighted by molar-refractivity contribution is 0.205. The van der Waals surface area contributed by atoms with Crippen molar-refractivity contribution < 1.29 is 4.74 Å². The first-order chi connectivity index (χ1) is 9.29. The van der Waals surface area contributed by atoms with Crippen LogP contribution in [-0.4, -0.2) is 22.6 Å². The quantitative estimate of drug-likeness (QED) is 0.852. The monoisotopic (exact) mass is 279 g/mol. The molecule has 1 N–H and O–H groups in total. The van der Waals surface area contributed by atoms with Crippen molar-refractivity contribution in [2.75, 3.05) is 11.9 Å². The van der Waals surface area contributed by atoms with E-state index < -0.39 is 0 Å². The van der Waals surface area contributed by atoms with E-state index in [1.807, 2.05) is 6.92 Å². The standard InChI is InChI=1S/C16H29N3O/c1-8-10-17-13-12(4)14(20-11(3)9-2)19-15(18-13)16(5,6)7/h11H,8-10H2,1-7H3,(H,17,18,19). The van der Waals surface area contributed by atoms with E-state index in [9.17, 15) is 0 Å². The van der Waals surface area contributed by atoms with E-state index in [0.717, 1.165) is 36.6 Å². The highest BCUT2D eigenvalue weighted by molar-refractivity contribution is 5.49. The average Bonchev–Trinajstić information content (AvgIpc) is 2.38. The maximum absolute atomic E-state index is 5.96. The van der Waals surface area contributed by atoms with Crippen molar-refractivity contribution in [1.82, 2.24) is 9.97 Å². The van der Waals surface area contributed by atoms with Gasteiger partial charge in [-0.2, -0.15) is 4.98 Å². The molecule has 0 spiro atoms. The normalized spacial score (nSPS) is 13.2. The minimum absolute atomic E-state index is 0.0933.